The summed E-state index contributed by atoms with van der Waals surface area (Å²) in [5.74, 6) is 0.130. The summed E-state index contributed by atoms with van der Waals surface area (Å²) in [6, 6.07) is 5.56. The van der Waals surface area contributed by atoms with Crippen LogP contribution >= 0.6 is 0 Å². The molecule has 0 unspecified atom stereocenters. The van der Waals surface area contributed by atoms with Crippen molar-refractivity contribution >= 4 is 22.8 Å². The Hall–Kier alpha value is -2.44. The molecule has 2 aliphatic rings. The van der Waals surface area contributed by atoms with Crippen LogP contribution in [0.15, 0.2) is 18.2 Å². The van der Waals surface area contributed by atoms with Crippen LogP contribution in [0.1, 0.15) is 29.6 Å². The highest BCUT2D eigenvalue weighted by Crippen LogP contribution is 2.38. The van der Waals surface area contributed by atoms with Gasteiger partial charge in [0.25, 0.3) is 5.91 Å². The summed E-state index contributed by atoms with van der Waals surface area (Å²) >= 11 is 0. The Labute approximate surface area is 133 Å². The van der Waals surface area contributed by atoms with Gasteiger partial charge < -0.3 is 10.2 Å². The maximum Gasteiger partial charge on any atom is 0.256 e. The molecular formula is C16H19N5O2. The van der Waals surface area contributed by atoms with Crippen LogP contribution < -0.4 is 5.32 Å². The summed E-state index contributed by atoms with van der Waals surface area (Å²) in [5, 5.41) is 11.0. The number of amides is 2. The van der Waals surface area contributed by atoms with E-state index in [1.807, 2.05) is 24.1 Å². The number of aromatic nitrogens is 3. The molecule has 1 spiro atoms. The zero-order valence-corrected chi connectivity index (χ0v) is 13.1. The Morgan fingerprint density at radius 2 is 2.04 bits per heavy atom. The van der Waals surface area contributed by atoms with Crippen LogP contribution in [0.2, 0.25) is 0 Å². The minimum absolute atomic E-state index is 0.0237. The topological polar surface area (TPSA) is 80.1 Å². The lowest BCUT2D eigenvalue weighted by molar-refractivity contribution is -0.129. The first-order valence-corrected chi connectivity index (χ1v) is 7.97. The number of benzene rings is 1. The van der Waals surface area contributed by atoms with Crippen LogP contribution in [0.25, 0.3) is 11.0 Å². The van der Waals surface area contributed by atoms with Crippen molar-refractivity contribution in [2.75, 3.05) is 19.6 Å². The van der Waals surface area contributed by atoms with Crippen molar-refractivity contribution in [3.8, 4) is 0 Å². The fourth-order valence-electron chi connectivity index (χ4n) is 3.73. The fraction of sp³-hybridized carbons (Fsp3) is 0.500. The normalized spacial score (nSPS) is 20.2. The van der Waals surface area contributed by atoms with Crippen molar-refractivity contribution in [3.05, 3.63) is 23.8 Å². The number of rotatable bonds is 1. The number of likely N-dealkylation sites (tertiary alicyclic amines) is 1. The maximum absolute atomic E-state index is 12.9. The number of piperidine rings is 1. The summed E-state index contributed by atoms with van der Waals surface area (Å²) in [4.78, 5) is 26.7. The molecular weight excluding hydrogens is 294 g/mol. The average molecular weight is 313 g/mol. The Kier molecular flexibility index (Phi) is 3.11. The summed E-state index contributed by atoms with van der Waals surface area (Å²) in [5.41, 5.74) is 1.82. The molecule has 0 radical (unpaired) electrons. The Balaban J connectivity index is 1.57. The number of fused-ring (bicyclic) bond motifs is 1. The van der Waals surface area contributed by atoms with Gasteiger partial charge in [0.15, 0.2) is 0 Å². The third kappa shape index (κ3) is 2.10. The zero-order valence-electron chi connectivity index (χ0n) is 13.1. The number of nitrogens with zero attached hydrogens (tertiary/aromatic N) is 4. The van der Waals surface area contributed by atoms with Gasteiger partial charge in [-0.2, -0.15) is 0 Å². The Bertz CT molecular complexity index is 789. The molecule has 2 amide bonds. The lowest BCUT2D eigenvalue weighted by Crippen LogP contribution is -2.46. The monoisotopic (exact) mass is 313 g/mol. The van der Waals surface area contributed by atoms with Crippen molar-refractivity contribution in [2.24, 2.45) is 12.5 Å². The van der Waals surface area contributed by atoms with Gasteiger partial charge >= 0.3 is 0 Å². The first-order chi connectivity index (χ1) is 11.1. The molecule has 1 aromatic heterocycles. The number of aryl methyl sites for hydroxylation is 1. The second-order valence-corrected chi connectivity index (χ2v) is 6.46. The molecule has 0 saturated carbocycles. The molecule has 2 fully saturated rings. The highest BCUT2D eigenvalue weighted by molar-refractivity contribution is 6.04. The van der Waals surface area contributed by atoms with Gasteiger partial charge in [-0.1, -0.05) is 11.3 Å². The van der Waals surface area contributed by atoms with Gasteiger partial charge in [-0.15, -0.1) is 5.10 Å². The molecule has 7 nitrogen and oxygen atoms in total. The summed E-state index contributed by atoms with van der Waals surface area (Å²) in [6.07, 6.45) is 2.36. The highest BCUT2D eigenvalue weighted by atomic mass is 16.2. The number of carbonyl (C=O) groups is 2. The molecule has 7 heteroatoms. The van der Waals surface area contributed by atoms with E-state index in [1.165, 1.54) is 0 Å². The second-order valence-electron chi connectivity index (χ2n) is 6.46. The van der Waals surface area contributed by atoms with Crippen molar-refractivity contribution in [1.82, 2.24) is 25.2 Å². The third-order valence-corrected chi connectivity index (χ3v) is 5.25. The molecule has 2 aromatic rings. The molecule has 1 N–H and O–H groups in total. The van der Waals surface area contributed by atoms with E-state index in [0.717, 1.165) is 31.3 Å². The van der Waals surface area contributed by atoms with Gasteiger partial charge in [-0.05, 0) is 31.4 Å². The van der Waals surface area contributed by atoms with Gasteiger partial charge in [-0.25, -0.2) is 4.68 Å². The summed E-state index contributed by atoms with van der Waals surface area (Å²) in [7, 11) is 1.81. The van der Waals surface area contributed by atoms with Crippen LogP contribution in [0, 0.1) is 5.41 Å². The van der Waals surface area contributed by atoms with E-state index in [9.17, 15) is 9.59 Å². The predicted molar refractivity (Wildman–Crippen MR) is 83.7 cm³/mol. The van der Waals surface area contributed by atoms with Gasteiger partial charge in [0.05, 0.1) is 16.5 Å². The quantitative estimate of drug-likeness (QED) is 0.841. The van der Waals surface area contributed by atoms with E-state index >= 15 is 0 Å². The van der Waals surface area contributed by atoms with Crippen molar-refractivity contribution < 1.29 is 9.59 Å². The number of nitrogens with one attached hydrogen (secondary N) is 1. The van der Waals surface area contributed by atoms with Gasteiger partial charge in [0.2, 0.25) is 5.91 Å². The molecule has 0 atom stereocenters. The van der Waals surface area contributed by atoms with E-state index < -0.39 is 0 Å². The van der Waals surface area contributed by atoms with Crippen molar-refractivity contribution in [2.45, 2.75) is 19.3 Å². The van der Waals surface area contributed by atoms with E-state index in [-0.39, 0.29) is 17.2 Å². The maximum atomic E-state index is 12.9. The first kappa shape index (κ1) is 14.2. The molecule has 2 saturated heterocycles. The van der Waals surface area contributed by atoms with E-state index in [0.29, 0.717) is 24.2 Å². The number of hydrogen-bond acceptors (Lipinski definition) is 4. The van der Waals surface area contributed by atoms with Crippen LogP contribution in [0.4, 0.5) is 0 Å². The van der Waals surface area contributed by atoms with Crippen LogP contribution in [0.3, 0.4) is 0 Å². The largest absolute Gasteiger partial charge is 0.356 e. The van der Waals surface area contributed by atoms with Crippen LogP contribution in [0.5, 0.6) is 0 Å². The summed E-state index contributed by atoms with van der Waals surface area (Å²) < 4.78 is 1.67. The van der Waals surface area contributed by atoms with Gasteiger partial charge in [0.1, 0.15) is 5.52 Å². The molecule has 1 aromatic carbocycles. The SMILES string of the molecule is Cn1nnc2c(C(=O)N3CCC4(CCNC4=O)CC3)cccc21. The van der Waals surface area contributed by atoms with Crippen molar-refractivity contribution in [3.63, 3.8) is 0 Å². The molecule has 2 aliphatic heterocycles. The molecule has 4 rings (SSSR count). The standard InChI is InChI=1S/C16H19N5O2/c1-20-12-4-2-3-11(13(12)18-19-20)14(22)21-9-6-16(7-10-21)5-8-17-15(16)23/h2-4H,5-10H2,1H3,(H,17,23). The fourth-order valence-corrected chi connectivity index (χ4v) is 3.73. The number of carbonyl (C=O) groups excluding carboxylic acids is 2. The average Bonchev–Trinajstić information content (AvgIpc) is 3.12. The molecule has 3 heterocycles. The first-order valence-electron chi connectivity index (χ1n) is 7.97. The van der Waals surface area contributed by atoms with Crippen LogP contribution in [-0.2, 0) is 11.8 Å². The third-order valence-electron chi connectivity index (χ3n) is 5.25. The van der Waals surface area contributed by atoms with E-state index in [2.05, 4.69) is 15.6 Å². The molecule has 0 bridgehead atoms. The zero-order chi connectivity index (χ0) is 16.0. The number of hydrogen-bond donors (Lipinski definition) is 1. The Morgan fingerprint density at radius 1 is 1.26 bits per heavy atom. The minimum atomic E-state index is -0.255. The van der Waals surface area contributed by atoms with Crippen molar-refractivity contribution in [1.29, 1.82) is 0 Å². The molecule has 23 heavy (non-hydrogen) atoms. The van der Waals surface area contributed by atoms with E-state index in [1.54, 1.807) is 10.7 Å². The summed E-state index contributed by atoms with van der Waals surface area (Å²) in [6.45, 7) is 1.98. The lowest BCUT2D eigenvalue weighted by atomic mass is 9.77. The predicted octanol–water partition coefficient (Wildman–Crippen LogP) is 0.711. The Morgan fingerprint density at radius 3 is 2.74 bits per heavy atom. The molecule has 120 valence electrons. The minimum Gasteiger partial charge on any atom is -0.356 e. The van der Waals surface area contributed by atoms with Gasteiger partial charge in [0, 0.05) is 26.7 Å². The smallest absolute Gasteiger partial charge is 0.256 e. The molecule has 0 aliphatic carbocycles. The van der Waals surface area contributed by atoms with Crippen LogP contribution in [-0.4, -0.2) is 51.3 Å². The highest BCUT2D eigenvalue weighted by Gasteiger charge is 2.45. The van der Waals surface area contributed by atoms with E-state index in [4.69, 9.17) is 0 Å². The second kappa shape index (κ2) is 5.04. The van der Waals surface area contributed by atoms with Gasteiger partial charge in [-0.3, -0.25) is 9.59 Å². The lowest BCUT2D eigenvalue weighted by Gasteiger charge is -2.37.